The Morgan fingerprint density at radius 1 is 1.09 bits per heavy atom. The van der Waals surface area contributed by atoms with Gasteiger partial charge in [-0.05, 0) is 42.7 Å². The van der Waals surface area contributed by atoms with Crippen LogP contribution in [-0.4, -0.2) is 38.3 Å². The Labute approximate surface area is 205 Å². The van der Waals surface area contributed by atoms with Crippen molar-refractivity contribution in [1.82, 2.24) is 20.1 Å². The van der Waals surface area contributed by atoms with Crippen LogP contribution in [0.1, 0.15) is 50.2 Å². The second-order valence-electron chi connectivity index (χ2n) is 8.62. The summed E-state index contributed by atoms with van der Waals surface area (Å²) in [6, 6.07) is 6.69. The van der Waals surface area contributed by atoms with Crippen molar-refractivity contribution in [2.24, 2.45) is 0 Å². The van der Waals surface area contributed by atoms with Crippen LogP contribution in [0.5, 0.6) is 5.75 Å². The summed E-state index contributed by atoms with van der Waals surface area (Å²) in [7, 11) is 0. The fourth-order valence-electron chi connectivity index (χ4n) is 4.26. The van der Waals surface area contributed by atoms with Crippen molar-refractivity contribution in [3.8, 4) is 16.9 Å². The molecular weight excluding hydrogens is 508 g/mol. The molecule has 10 heteroatoms. The summed E-state index contributed by atoms with van der Waals surface area (Å²) in [5.41, 5.74) is 1.39. The minimum absolute atomic E-state index is 0. The highest BCUT2D eigenvalue weighted by atomic mass is 79.9. The SMILES string of the molecule is Br.CC(C)c1nc(C2CCN(c3ncnc4c(-c5ccc(O)c(F)c5)cc(F)cc34)CC2)no1. The number of piperidine rings is 1. The van der Waals surface area contributed by atoms with Gasteiger partial charge >= 0.3 is 0 Å². The van der Waals surface area contributed by atoms with Crippen LogP contribution in [0.4, 0.5) is 14.6 Å². The Balaban J connectivity index is 0.00000274. The maximum absolute atomic E-state index is 14.6. The van der Waals surface area contributed by atoms with Gasteiger partial charge in [-0.25, -0.2) is 18.7 Å². The molecule has 0 unspecified atom stereocenters. The molecule has 1 aliphatic heterocycles. The molecule has 2 aromatic heterocycles. The number of halogens is 3. The van der Waals surface area contributed by atoms with Crippen LogP contribution in [0.25, 0.3) is 22.0 Å². The van der Waals surface area contributed by atoms with Crippen molar-refractivity contribution in [3.63, 3.8) is 0 Å². The molecule has 1 fully saturated rings. The molecule has 1 N–H and O–H groups in total. The van der Waals surface area contributed by atoms with E-state index in [9.17, 15) is 13.9 Å². The van der Waals surface area contributed by atoms with Gasteiger partial charge in [-0.15, -0.1) is 17.0 Å². The van der Waals surface area contributed by atoms with Crippen molar-refractivity contribution in [3.05, 3.63) is 60.0 Å². The number of anilines is 1. The summed E-state index contributed by atoms with van der Waals surface area (Å²) >= 11 is 0. The molecule has 1 aliphatic rings. The van der Waals surface area contributed by atoms with E-state index in [0.717, 1.165) is 18.7 Å². The lowest BCUT2D eigenvalue weighted by molar-refractivity contribution is 0.353. The van der Waals surface area contributed by atoms with E-state index in [1.54, 1.807) is 0 Å². The Morgan fingerprint density at radius 3 is 2.53 bits per heavy atom. The summed E-state index contributed by atoms with van der Waals surface area (Å²) in [5.74, 6) is 0.682. The maximum Gasteiger partial charge on any atom is 0.229 e. The van der Waals surface area contributed by atoms with Gasteiger partial charge in [-0.3, -0.25) is 0 Å². The van der Waals surface area contributed by atoms with Crippen molar-refractivity contribution < 1.29 is 18.4 Å². The number of hydrogen-bond acceptors (Lipinski definition) is 7. The molecule has 0 atom stereocenters. The lowest BCUT2D eigenvalue weighted by Gasteiger charge is -2.32. The Bertz CT molecular complexity index is 1320. The third-order valence-corrected chi connectivity index (χ3v) is 6.05. The summed E-state index contributed by atoms with van der Waals surface area (Å²) < 4.78 is 33.9. The van der Waals surface area contributed by atoms with Crippen molar-refractivity contribution >= 4 is 33.7 Å². The van der Waals surface area contributed by atoms with Crippen LogP contribution >= 0.6 is 17.0 Å². The zero-order valence-electron chi connectivity index (χ0n) is 18.7. The lowest BCUT2D eigenvalue weighted by Crippen LogP contribution is -2.34. The lowest BCUT2D eigenvalue weighted by atomic mass is 9.95. The third kappa shape index (κ3) is 4.46. The molecule has 0 saturated carbocycles. The predicted octanol–water partition coefficient (Wildman–Crippen LogP) is 5.75. The number of phenols is 1. The van der Waals surface area contributed by atoms with Gasteiger partial charge in [0.25, 0.3) is 0 Å². The fourth-order valence-corrected chi connectivity index (χ4v) is 4.26. The minimum Gasteiger partial charge on any atom is -0.505 e. The van der Waals surface area contributed by atoms with Crippen LogP contribution in [0.2, 0.25) is 0 Å². The van der Waals surface area contributed by atoms with Gasteiger partial charge in [0.05, 0.1) is 5.52 Å². The van der Waals surface area contributed by atoms with Crippen molar-refractivity contribution in [2.45, 2.75) is 38.5 Å². The van der Waals surface area contributed by atoms with Crippen molar-refractivity contribution in [1.29, 1.82) is 0 Å². The molecule has 0 aliphatic carbocycles. The van der Waals surface area contributed by atoms with Gasteiger partial charge in [0, 0.05) is 35.9 Å². The molecule has 2 aromatic carbocycles. The number of hydrogen-bond donors (Lipinski definition) is 1. The van der Waals surface area contributed by atoms with E-state index in [2.05, 4.69) is 25.0 Å². The second kappa shape index (κ2) is 9.61. The summed E-state index contributed by atoms with van der Waals surface area (Å²) in [4.78, 5) is 15.4. The topological polar surface area (TPSA) is 88.2 Å². The van der Waals surface area contributed by atoms with Gasteiger partial charge in [0.15, 0.2) is 17.4 Å². The number of benzene rings is 2. The molecule has 7 nitrogen and oxygen atoms in total. The van der Waals surface area contributed by atoms with Crippen LogP contribution < -0.4 is 4.90 Å². The molecule has 0 bridgehead atoms. The van der Waals surface area contributed by atoms with E-state index in [0.29, 0.717) is 46.8 Å². The largest absolute Gasteiger partial charge is 0.505 e. The Hall–Kier alpha value is -3.14. The highest BCUT2D eigenvalue weighted by Gasteiger charge is 2.27. The monoisotopic (exact) mass is 531 g/mol. The van der Waals surface area contributed by atoms with E-state index < -0.39 is 17.4 Å². The smallest absolute Gasteiger partial charge is 0.229 e. The van der Waals surface area contributed by atoms with E-state index in [-0.39, 0.29) is 28.8 Å². The molecule has 1 saturated heterocycles. The summed E-state index contributed by atoms with van der Waals surface area (Å²) in [6.07, 6.45) is 3.07. The average Bonchev–Trinajstić information content (AvgIpc) is 3.31. The Morgan fingerprint density at radius 2 is 1.85 bits per heavy atom. The minimum atomic E-state index is -0.775. The number of rotatable bonds is 4. The standard InChI is InChI=1S/C24H23F2N5O2.BrH/c1-13(2)24-29-22(30-33-24)14-5-7-31(8-6-14)23-18-11-16(25)10-17(21(18)27-12-28-23)15-3-4-20(32)19(26)9-15;/h3-4,9-14,32H,5-8H2,1-2H3;1H. The highest BCUT2D eigenvalue weighted by Crippen LogP contribution is 2.36. The average molecular weight is 532 g/mol. The van der Waals surface area contributed by atoms with E-state index >= 15 is 0 Å². The van der Waals surface area contributed by atoms with E-state index in [4.69, 9.17) is 4.52 Å². The second-order valence-corrected chi connectivity index (χ2v) is 8.62. The predicted molar refractivity (Wildman–Crippen MR) is 129 cm³/mol. The fraction of sp³-hybridized carbons (Fsp3) is 0.333. The molecule has 34 heavy (non-hydrogen) atoms. The molecule has 4 aromatic rings. The van der Waals surface area contributed by atoms with E-state index in [1.165, 1.54) is 36.7 Å². The number of nitrogens with zero attached hydrogens (tertiary/aromatic N) is 5. The number of aromatic nitrogens is 4. The zero-order chi connectivity index (χ0) is 23.1. The summed E-state index contributed by atoms with van der Waals surface area (Å²) in [5, 5.41) is 14.2. The van der Waals surface area contributed by atoms with Gasteiger partial charge in [-0.2, -0.15) is 4.98 Å². The first-order valence-electron chi connectivity index (χ1n) is 10.9. The van der Waals surface area contributed by atoms with Crippen LogP contribution in [-0.2, 0) is 0 Å². The normalized spacial score (nSPS) is 14.6. The first-order chi connectivity index (χ1) is 15.9. The van der Waals surface area contributed by atoms with Crippen LogP contribution in [0, 0.1) is 11.6 Å². The molecule has 0 spiro atoms. The molecule has 178 valence electrons. The van der Waals surface area contributed by atoms with Crippen LogP contribution in [0.3, 0.4) is 0 Å². The van der Waals surface area contributed by atoms with E-state index in [1.807, 2.05) is 13.8 Å². The van der Waals surface area contributed by atoms with Gasteiger partial charge in [0.2, 0.25) is 5.89 Å². The highest BCUT2D eigenvalue weighted by molar-refractivity contribution is 8.93. The van der Waals surface area contributed by atoms with Crippen molar-refractivity contribution in [2.75, 3.05) is 18.0 Å². The van der Waals surface area contributed by atoms with Crippen LogP contribution in [0.15, 0.2) is 41.2 Å². The third-order valence-electron chi connectivity index (χ3n) is 6.05. The maximum atomic E-state index is 14.6. The number of phenolic OH excluding ortho intramolecular Hbond substituents is 1. The molecule has 0 radical (unpaired) electrons. The number of aromatic hydroxyl groups is 1. The molecule has 0 amide bonds. The summed E-state index contributed by atoms with van der Waals surface area (Å²) in [6.45, 7) is 5.42. The first-order valence-corrected chi connectivity index (χ1v) is 10.9. The first kappa shape index (κ1) is 24.0. The molecule has 5 rings (SSSR count). The quantitative estimate of drug-likeness (QED) is 0.358. The Kier molecular flexibility index (Phi) is 6.79. The molecule has 3 heterocycles. The molecular formula is C24H24BrF2N5O2. The zero-order valence-corrected chi connectivity index (χ0v) is 20.4. The van der Waals surface area contributed by atoms with Gasteiger partial charge in [-0.1, -0.05) is 25.1 Å². The van der Waals surface area contributed by atoms with Gasteiger partial charge < -0.3 is 14.5 Å². The van der Waals surface area contributed by atoms with Gasteiger partial charge in [0.1, 0.15) is 18.0 Å². The number of fused-ring (bicyclic) bond motifs is 1.